The Kier molecular flexibility index (Phi) is 4.76. The molecule has 6 heteroatoms. The molecule has 0 aliphatic carbocycles. The van der Waals surface area contributed by atoms with Gasteiger partial charge in [-0.15, -0.1) is 0 Å². The van der Waals surface area contributed by atoms with E-state index in [0.29, 0.717) is 17.3 Å². The van der Waals surface area contributed by atoms with Gasteiger partial charge in [-0.2, -0.15) is 0 Å². The minimum atomic E-state index is -0.399. The molecule has 0 aliphatic rings. The lowest BCUT2D eigenvalue weighted by molar-refractivity contribution is 0.248. The van der Waals surface area contributed by atoms with Crippen LogP contribution >= 0.6 is 0 Å². The average Bonchev–Trinajstić information content (AvgIpc) is 3.15. The third-order valence-electron chi connectivity index (χ3n) is 3.45. The summed E-state index contributed by atoms with van der Waals surface area (Å²) < 4.78 is 10.6. The number of hydrogen-bond acceptors (Lipinski definition) is 4. The van der Waals surface area contributed by atoms with Gasteiger partial charge in [0.1, 0.15) is 17.5 Å². The summed E-state index contributed by atoms with van der Waals surface area (Å²) in [5, 5.41) is 5.65. The number of nitrogens with zero attached hydrogens (tertiary/aromatic N) is 1. The number of hydrogen-bond donors (Lipinski definition) is 2. The van der Waals surface area contributed by atoms with Gasteiger partial charge in [-0.25, -0.2) is 9.78 Å². The normalized spacial score (nSPS) is 11.5. The van der Waals surface area contributed by atoms with E-state index in [0.717, 1.165) is 5.56 Å². The Morgan fingerprint density at radius 3 is 2.67 bits per heavy atom. The van der Waals surface area contributed by atoms with E-state index in [1.165, 1.54) is 7.11 Å². The van der Waals surface area contributed by atoms with Crippen molar-refractivity contribution in [1.82, 2.24) is 10.3 Å². The molecule has 0 fully saturated rings. The summed E-state index contributed by atoms with van der Waals surface area (Å²) in [6.45, 7) is 0. The number of rotatable bonds is 5. The number of aromatic nitrogens is 1. The van der Waals surface area contributed by atoms with Gasteiger partial charge in [0.25, 0.3) is 0 Å². The molecule has 1 atom stereocenters. The van der Waals surface area contributed by atoms with Crippen molar-refractivity contribution in [2.24, 2.45) is 0 Å². The molecule has 3 rings (SSSR count). The molecule has 122 valence electrons. The minimum absolute atomic E-state index is 0.349. The number of benzene rings is 1. The van der Waals surface area contributed by atoms with Gasteiger partial charge in [0.05, 0.1) is 13.4 Å². The topological polar surface area (TPSA) is 76.4 Å². The average molecular weight is 323 g/mol. The number of nitrogens with one attached hydrogen (secondary N) is 2. The zero-order valence-electron chi connectivity index (χ0n) is 13.1. The summed E-state index contributed by atoms with van der Waals surface area (Å²) in [6.07, 6.45) is 3.17. The van der Waals surface area contributed by atoms with Gasteiger partial charge in [-0.05, 0) is 29.8 Å². The summed E-state index contributed by atoms with van der Waals surface area (Å²) in [5.74, 6) is 0.997. The van der Waals surface area contributed by atoms with Gasteiger partial charge in [-0.1, -0.05) is 30.3 Å². The molecular formula is C18H17N3O3. The van der Waals surface area contributed by atoms with E-state index in [1.807, 2.05) is 36.4 Å². The van der Waals surface area contributed by atoms with E-state index in [2.05, 4.69) is 15.6 Å². The van der Waals surface area contributed by atoms with Crippen LogP contribution in [0, 0.1) is 0 Å². The van der Waals surface area contributed by atoms with E-state index in [1.54, 1.807) is 30.7 Å². The molecule has 0 spiro atoms. The Morgan fingerprint density at radius 2 is 1.96 bits per heavy atom. The Bertz CT molecular complexity index is 788. The van der Waals surface area contributed by atoms with Gasteiger partial charge in [0, 0.05) is 6.20 Å². The van der Waals surface area contributed by atoms with Gasteiger partial charge in [0.15, 0.2) is 0 Å². The largest absolute Gasteiger partial charge is 0.480 e. The van der Waals surface area contributed by atoms with Crippen LogP contribution in [0.5, 0.6) is 5.88 Å². The van der Waals surface area contributed by atoms with Crippen LogP contribution in [0.15, 0.2) is 71.5 Å². The fraction of sp³-hybridized carbons (Fsp3) is 0.111. The summed E-state index contributed by atoms with van der Waals surface area (Å²) in [6, 6.07) is 15.9. The van der Waals surface area contributed by atoms with Crippen LogP contribution < -0.4 is 15.4 Å². The second kappa shape index (κ2) is 7.32. The SMILES string of the molecule is COc1ncccc1NC(=O)N[C@H](c1ccccc1)c1ccco1. The number of ether oxygens (including phenoxy) is 1. The van der Waals surface area contributed by atoms with Gasteiger partial charge >= 0.3 is 6.03 Å². The highest BCUT2D eigenvalue weighted by Gasteiger charge is 2.20. The molecule has 2 aromatic heterocycles. The van der Waals surface area contributed by atoms with Crippen LogP contribution in [0.4, 0.5) is 10.5 Å². The molecule has 0 unspecified atom stereocenters. The number of carbonyl (C=O) groups excluding carboxylic acids is 1. The molecule has 0 bridgehead atoms. The highest BCUT2D eigenvalue weighted by atomic mass is 16.5. The zero-order valence-corrected chi connectivity index (χ0v) is 13.1. The van der Waals surface area contributed by atoms with E-state index < -0.39 is 6.04 Å². The summed E-state index contributed by atoms with van der Waals surface area (Å²) in [5.41, 5.74) is 1.41. The van der Waals surface area contributed by atoms with Crippen LogP contribution in [0.2, 0.25) is 0 Å². The van der Waals surface area contributed by atoms with E-state index in [4.69, 9.17) is 9.15 Å². The third kappa shape index (κ3) is 3.55. The fourth-order valence-corrected chi connectivity index (χ4v) is 2.36. The van der Waals surface area contributed by atoms with E-state index >= 15 is 0 Å². The predicted molar refractivity (Wildman–Crippen MR) is 89.9 cm³/mol. The summed E-state index contributed by atoms with van der Waals surface area (Å²) in [7, 11) is 1.50. The molecule has 24 heavy (non-hydrogen) atoms. The number of methoxy groups -OCH3 is 1. The first kappa shape index (κ1) is 15.6. The maximum absolute atomic E-state index is 12.4. The highest BCUT2D eigenvalue weighted by Crippen LogP contribution is 2.24. The number of carbonyl (C=O) groups is 1. The molecule has 0 saturated heterocycles. The maximum atomic E-state index is 12.4. The molecule has 2 N–H and O–H groups in total. The van der Waals surface area contributed by atoms with Crippen LogP contribution in [-0.4, -0.2) is 18.1 Å². The second-order valence-electron chi connectivity index (χ2n) is 5.02. The number of urea groups is 1. The van der Waals surface area contributed by atoms with Crippen LogP contribution in [0.3, 0.4) is 0 Å². The lowest BCUT2D eigenvalue weighted by Crippen LogP contribution is -2.33. The number of amides is 2. The van der Waals surface area contributed by atoms with Crippen LogP contribution in [0.25, 0.3) is 0 Å². The Balaban J connectivity index is 1.79. The third-order valence-corrected chi connectivity index (χ3v) is 3.45. The van der Waals surface area contributed by atoms with Gasteiger partial charge in [0.2, 0.25) is 5.88 Å². The molecule has 0 aliphatic heterocycles. The predicted octanol–water partition coefficient (Wildman–Crippen LogP) is 3.59. The zero-order chi connectivity index (χ0) is 16.8. The minimum Gasteiger partial charge on any atom is -0.480 e. The maximum Gasteiger partial charge on any atom is 0.320 e. The lowest BCUT2D eigenvalue weighted by atomic mass is 10.1. The second-order valence-corrected chi connectivity index (χ2v) is 5.02. The molecule has 3 aromatic rings. The van der Waals surface area contributed by atoms with Crippen molar-refractivity contribution in [3.63, 3.8) is 0 Å². The molecular weight excluding hydrogens is 306 g/mol. The number of pyridine rings is 1. The monoisotopic (exact) mass is 323 g/mol. The van der Waals surface area contributed by atoms with Gasteiger partial charge < -0.3 is 19.8 Å². The van der Waals surface area contributed by atoms with Crippen molar-refractivity contribution in [3.8, 4) is 5.88 Å². The quantitative estimate of drug-likeness (QED) is 0.752. The van der Waals surface area contributed by atoms with Crippen molar-refractivity contribution >= 4 is 11.7 Å². The van der Waals surface area contributed by atoms with Crippen molar-refractivity contribution < 1.29 is 13.9 Å². The molecule has 6 nitrogen and oxygen atoms in total. The van der Waals surface area contributed by atoms with Crippen molar-refractivity contribution in [3.05, 3.63) is 78.4 Å². The molecule has 1 aromatic carbocycles. The van der Waals surface area contributed by atoms with Gasteiger partial charge in [-0.3, -0.25) is 0 Å². The summed E-state index contributed by atoms with van der Waals surface area (Å²) >= 11 is 0. The molecule has 2 amide bonds. The Hall–Kier alpha value is -3.28. The Morgan fingerprint density at radius 1 is 1.12 bits per heavy atom. The number of anilines is 1. The first-order valence-corrected chi connectivity index (χ1v) is 7.43. The molecule has 0 saturated carbocycles. The first-order valence-electron chi connectivity index (χ1n) is 7.43. The Labute approximate surface area is 139 Å². The molecule has 0 radical (unpaired) electrons. The van der Waals surface area contributed by atoms with Crippen LogP contribution in [-0.2, 0) is 0 Å². The van der Waals surface area contributed by atoms with Crippen molar-refractivity contribution in [2.75, 3.05) is 12.4 Å². The lowest BCUT2D eigenvalue weighted by Gasteiger charge is -2.18. The summed E-state index contributed by atoms with van der Waals surface area (Å²) in [4.78, 5) is 16.5. The van der Waals surface area contributed by atoms with E-state index in [9.17, 15) is 4.79 Å². The smallest absolute Gasteiger partial charge is 0.320 e. The van der Waals surface area contributed by atoms with E-state index in [-0.39, 0.29) is 6.03 Å². The first-order chi connectivity index (χ1) is 11.8. The van der Waals surface area contributed by atoms with Crippen LogP contribution in [0.1, 0.15) is 17.4 Å². The highest BCUT2D eigenvalue weighted by molar-refractivity contribution is 5.90. The standard InChI is InChI=1S/C18H17N3O3/c1-23-17-14(9-5-11-19-17)20-18(22)21-16(15-10-6-12-24-15)13-7-3-2-4-8-13/h2-12,16H,1H3,(H2,20,21,22)/t16-/m1/s1. The number of furan rings is 1. The van der Waals surface area contributed by atoms with Crippen molar-refractivity contribution in [1.29, 1.82) is 0 Å². The molecule has 2 heterocycles. The van der Waals surface area contributed by atoms with Crippen molar-refractivity contribution in [2.45, 2.75) is 6.04 Å². The fourth-order valence-electron chi connectivity index (χ4n) is 2.36.